The number of nitrogens with two attached hydrogens (primary N) is 1. The topological polar surface area (TPSA) is 77.0 Å². The Morgan fingerprint density at radius 2 is 2.26 bits per heavy atom. The molecule has 0 radical (unpaired) electrons. The molecule has 0 aromatic carbocycles. The van der Waals surface area contributed by atoms with E-state index in [-0.39, 0.29) is 16.9 Å². The van der Waals surface area contributed by atoms with Crippen LogP contribution in [0, 0.1) is 0 Å². The van der Waals surface area contributed by atoms with Crippen LogP contribution in [-0.4, -0.2) is 32.4 Å². The lowest BCUT2D eigenvalue weighted by molar-refractivity contribution is 0.0780. The second kappa shape index (κ2) is 5.27. The highest BCUT2D eigenvalue weighted by atomic mass is 35.5. The number of halogens is 1. The van der Waals surface area contributed by atoms with Gasteiger partial charge in [-0.15, -0.1) is 0 Å². The number of amides is 1. The van der Waals surface area contributed by atoms with Gasteiger partial charge in [0.15, 0.2) is 0 Å². The fraction of sp³-hybridized carbons (Fsp3) is 0.250. The van der Waals surface area contributed by atoms with E-state index >= 15 is 0 Å². The first kappa shape index (κ1) is 13.4. The molecule has 2 aromatic heterocycles. The molecule has 0 aliphatic carbocycles. The van der Waals surface area contributed by atoms with Crippen molar-refractivity contribution in [1.29, 1.82) is 0 Å². The number of anilines is 1. The van der Waals surface area contributed by atoms with Crippen molar-refractivity contribution in [2.24, 2.45) is 7.05 Å². The van der Waals surface area contributed by atoms with E-state index in [1.54, 1.807) is 18.1 Å². The number of pyridine rings is 1. The van der Waals surface area contributed by atoms with Gasteiger partial charge in [0.1, 0.15) is 16.8 Å². The predicted octanol–water partition coefficient (Wildman–Crippen LogP) is 1.32. The zero-order valence-corrected chi connectivity index (χ0v) is 11.4. The van der Waals surface area contributed by atoms with Crippen LogP contribution in [0.5, 0.6) is 0 Å². The van der Waals surface area contributed by atoms with Gasteiger partial charge in [0.05, 0.1) is 6.54 Å². The summed E-state index contributed by atoms with van der Waals surface area (Å²) in [6.07, 6.45) is 3.52. The molecular weight excluding hydrogens is 266 g/mol. The van der Waals surface area contributed by atoms with Crippen LogP contribution < -0.4 is 5.73 Å². The third-order valence-corrected chi connectivity index (χ3v) is 2.90. The average molecular weight is 280 g/mol. The van der Waals surface area contributed by atoms with Crippen LogP contribution in [-0.2, 0) is 13.6 Å². The molecule has 0 bridgehead atoms. The van der Waals surface area contributed by atoms with E-state index in [4.69, 9.17) is 17.3 Å². The number of carbonyl (C=O) groups excluding carboxylic acids is 1. The normalized spacial score (nSPS) is 10.5. The number of hydrogen-bond donors (Lipinski definition) is 1. The number of carbonyl (C=O) groups is 1. The van der Waals surface area contributed by atoms with E-state index < -0.39 is 0 Å². The Morgan fingerprint density at radius 1 is 1.53 bits per heavy atom. The zero-order chi connectivity index (χ0) is 14.0. The molecule has 6 nitrogen and oxygen atoms in total. The van der Waals surface area contributed by atoms with Gasteiger partial charge in [0, 0.05) is 32.1 Å². The van der Waals surface area contributed by atoms with Gasteiger partial charge in [-0.2, -0.15) is 0 Å². The van der Waals surface area contributed by atoms with Crippen LogP contribution in [0.3, 0.4) is 0 Å². The van der Waals surface area contributed by atoms with E-state index in [9.17, 15) is 4.79 Å². The third-order valence-electron chi connectivity index (χ3n) is 2.71. The SMILES string of the molecule is CN(Cc1nccn1C)C(=O)c1cc(N)nc(Cl)c1. The van der Waals surface area contributed by atoms with E-state index in [0.29, 0.717) is 12.1 Å². The van der Waals surface area contributed by atoms with Crippen molar-refractivity contribution in [3.8, 4) is 0 Å². The average Bonchev–Trinajstić information content (AvgIpc) is 2.72. The first-order valence-electron chi connectivity index (χ1n) is 5.62. The smallest absolute Gasteiger partial charge is 0.254 e. The second-order valence-electron chi connectivity index (χ2n) is 4.22. The summed E-state index contributed by atoms with van der Waals surface area (Å²) in [6, 6.07) is 3.00. The lowest BCUT2D eigenvalue weighted by Crippen LogP contribution is -2.27. The van der Waals surface area contributed by atoms with E-state index in [1.165, 1.54) is 12.1 Å². The molecule has 2 heterocycles. The van der Waals surface area contributed by atoms with Crippen LogP contribution in [0.2, 0.25) is 5.15 Å². The molecule has 0 fully saturated rings. The molecular formula is C12H14ClN5O. The van der Waals surface area contributed by atoms with Crippen molar-refractivity contribution in [3.05, 3.63) is 41.1 Å². The Bertz CT molecular complexity index is 590. The third kappa shape index (κ3) is 3.03. The van der Waals surface area contributed by atoms with E-state index in [0.717, 1.165) is 5.82 Å². The maximum Gasteiger partial charge on any atom is 0.254 e. The molecule has 0 saturated carbocycles. The molecule has 7 heteroatoms. The molecule has 100 valence electrons. The molecule has 2 aromatic rings. The minimum atomic E-state index is -0.181. The Morgan fingerprint density at radius 3 is 2.84 bits per heavy atom. The Hall–Kier alpha value is -2.08. The highest BCUT2D eigenvalue weighted by Crippen LogP contribution is 2.14. The minimum absolute atomic E-state index is 0.181. The van der Waals surface area contributed by atoms with E-state index in [1.807, 2.05) is 17.8 Å². The Kier molecular flexibility index (Phi) is 3.71. The number of aryl methyl sites for hydroxylation is 1. The largest absolute Gasteiger partial charge is 0.384 e. The van der Waals surface area contributed by atoms with Crippen molar-refractivity contribution in [2.75, 3.05) is 12.8 Å². The number of rotatable bonds is 3. The number of imidazole rings is 1. The summed E-state index contributed by atoms with van der Waals surface area (Å²) >= 11 is 5.79. The summed E-state index contributed by atoms with van der Waals surface area (Å²) in [5, 5.41) is 0.203. The standard InChI is InChI=1S/C12H14ClN5O/c1-17-4-3-15-11(17)7-18(2)12(19)8-5-9(13)16-10(14)6-8/h3-6H,7H2,1-2H3,(H2,14,16). The monoisotopic (exact) mass is 279 g/mol. The quantitative estimate of drug-likeness (QED) is 0.860. The number of nitrogen functional groups attached to an aromatic ring is 1. The molecule has 0 unspecified atom stereocenters. The van der Waals surface area contributed by atoms with Gasteiger partial charge >= 0.3 is 0 Å². The summed E-state index contributed by atoms with van der Waals surface area (Å²) in [5.74, 6) is 0.837. The van der Waals surface area contributed by atoms with Crippen molar-refractivity contribution in [3.63, 3.8) is 0 Å². The van der Waals surface area contributed by atoms with Gasteiger partial charge < -0.3 is 15.2 Å². The Labute approximate surface area is 115 Å². The van der Waals surface area contributed by atoms with Crippen LogP contribution in [0.1, 0.15) is 16.2 Å². The molecule has 1 amide bonds. The molecule has 0 aliphatic heterocycles. The number of hydrogen-bond acceptors (Lipinski definition) is 4. The van der Waals surface area contributed by atoms with Gasteiger partial charge in [0.2, 0.25) is 0 Å². The second-order valence-corrected chi connectivity index (χ2v) is 4.61. The van der Waals surface area contributed by atoms with Gasteiger partial charge in [0.25, 0.3) is 5.91 Å². The molecule has 0 aliphatic rings. The maximum atomic E-state index is 12.2. The first-order valence-corrected chi connectivity index (χ1v) is 6.00. The summed E-state index contributed by atoms with van der Waals surface area (Å²) < 4.78 is 1.86. The fourth-order valence-electron chi connectivity index (χ4n) is 1.69. The maximum absolute atomic E-state index is 12.2. The number of nitrogens with zero attached hydrogens (tertiary/aromatic N) is 4. The van der Waals surface area contributed by atoms with Crippen molar-refractivity contribution in [2.45, 2.75) is 6.54 Å². The van der Waals surface area contributed by atoms with Crippen LogP contribution in [0.4, 0.5) is 5.82 Å². The zero-order valence-electron chi connectivity index (χ0n) is 10.7. The summed E-state index contributed by atoms with van der Waals surface area (Å²) in [4.78, 5) is 21.8. The summed E-state index contributed by atoms with van der Waals surface area (Å²) in [5.41, 5.74) is 5.99. The molecule has 0 spiro atoms. The lowest BCUT2D eigenvalue weighted by atomic mass is 10.2. The van der Waals surface area contributed by atoms with E-state index in [2.05, 4.69) is 9.97 Å². The Balaban J connectivity index is 2.17. The van der Waals surface area contributed by atoms with Gasteiger partial charge in [-0.1, -0.05) is 11.6 Å². The van der Waals surface area contributed by atoms with Crippen molar-refractivity contribution < 1.29 is 4.79 Å². The lowest BCUT2D eigenvalue weighted by Gasteiger charge is -2.17. The van der Waals surface area contributed by atoms with Gasteiger partial charge in [-0.25, -0.2) is 9.97 Å². The molecule has 19 heavy (non-hydrogen) atoms. The number of aromatic nitrogens is 3. The first-order chi connectivity index (χ1) is 8.97. The van der Waals surface area contributed by atoms with Crippen molar-refractivity contribution >= 4 is 23.3 Å². The summed E-state index contributed by atoms with van der Waals surface area (Å²) in [6.45, 7) is 0.405. The van der Waals surface area contributed by atoms with Crippen LogP contribution in [0.25, 0.3) is 0 Å². The molecule has 2 N–H and O–H groups in total. The van der Waals surface area contributed by atoms with Crippen LogP contribution >= 0.6 is 11.6 Å². The molecule has 0 saturated heterocycles. The van der Waals surface area contributed by atoms with Crippen LogP contribution in [0.15, 0.2) is 24.5 Å². The van der Waals surface area contributed by atoms with Gasteiger partial charge in [-0.05, 0) is 12.1 Å². The fourth-order valence-corrected chi connectivity index (χ4v) is 1.91. The minimum Gasteiger partial charge on any atom is -0.384 e. The molecule has 2 rings (SSSR count). The highest BCUT2D eigenvalue weighted by molar-refractivity contribution is 6.29. The summed E-state index contributed by atoms with van der Waals surface area (Å²) in [7, 11) is 3.57. The highest BCUT2D eigenvalue weighted by Gasteiger charge is 2.15. The van der Waals surface area contributed by atoms with Gasteiger partial charge in [-0.3, -0.25) is 4.79 Å². The molecule has 0 atom stereocenters. The predicted molar refractivity (Wildman–Crippen MR) is 72.7 cm³/mol. The van der Waals surface area contributed by atoms with Crippen molar-refractivity contribution in [1.82, 2.24) is 19.4 Å².